The van der Waals surface area contributed by atoms with Crippen molar-refractivity contribution in [3.05, 3.63) is 42.1 Å². The van der Waals surface area contributed by atoms with Crippen LogP contribution in [0.25, 0.3) is 11.3 Å². The molecule has 0 saturated carbocycles. The van der Waals surface area contributed by atoms with Crippen molar-refractivity contribution in [1.82, 2.24) is 15.1 Å². The number of nitrogens with one attached hydrogen (secondary N) is 1. The molecule has 1 saturated heterocycles. The predicted molar refractivity (Wildman–Crippen MR) is 85.5 cm³/mol. The molecule has 22 heavy (non-hydrogen) atoms. The molecule has 0 bridgehead atoms. The Labute approximate surface area is 131 Å². The second-order valence-corrected chi connectivity index (χ2v) is 5.74. The first-order chi connectivity index (χ1) is 10.8. The van der Waals surface area contributed by atoms with Crippen LogP contribution in [0.3, 0.4) is 0 Å². The smallest absolute Gasteiger partial charge is 0.0924 e. The highest BCUT2D eigenvalue weighted by molar-refractivity contribution is 5.58. The Morgan fingerprint density at radius 3 is 2.91 bits per heavy atom. The number of aromatic amines is 1. The van der Waals surface area contributed by atoms with E-state index in [9.17, 15) is 0 Å². The van der Waals surface area contributed by atoms with E-state index in [-0.39, 0.29) is 6.10 Å². The Hall–Kier alpha value is -1.69. The highest BCUT2D eigenvalue weighted by atomic mass is 16.6. The topological polar surface area (TPSA) is 50.4 Å². The third kappa shape index (κ3) is 4.16. The molecule has 2 aromatic rings. The van der Waals surface area contributed by atoms with Crippen LogP contribution in [0.2, 0.25) is 0 Å². The van der Waals surface area contributed by atoms with Crippen molar-refractivity contribution < 1.29 is 9.47 Å². The average Bonchev–Trinajstić information content (AvgIpc) is 3.03. The number of aromatic nitrogens is 2. The molecule has 1 aliphatic rings. The van der Waals surface area contributed by atoms with Crippen molar-refractivity contribution in [3.63, 3.8) is 0 Å². The van der Waals surface area contributed by atoms with Crippen LogP contribution in [0.15, 0.2) is 36.4 Å². The largest absolute Gasteiger partial charge is 0.376 e. The summed E-state index contributed by atoms with van der Waals surface area (Å²) in [6.07, 6.45) is 1.23. The third-order valence-corrected chi connectivity index (χ3v) is 3.86. The molecule has 1 atom stereocenters. The van der Waals surface area contributed by atoms with Crippen LogP contribution in [-0.4, -0.2) is 54.6 Å². The van der Waals surface area contributed by atoms with Crippen LogP contribution in [0, 0.1) is 0 Å². The zero-order chi connectivity index (χ0) is 15.2. The predicted octanol–water partition coefficient (Wildman–Crippen LogP) is 2.31. The van der Waals surface area contributed by atoms with Gasteiger partial charge < -0.3 is 14.4 Å². The van der Waals surface area contributed by atoms with Crippen molar-refractivity contribution in [2.24, 2.45) is 0 Å². The Morgan fingerprint density at radius 1 is 1.27 bits per heavy atom. The average molecular weight is 301 g/mol. The molecule has 1 aromatic heterocycles. The monoisotopic (exact) mass is 301 g/mol. The van der Waals surface area contributed by atoms with Crippen molar-refractivity contribution in [1.29, 1.82) is 0 Å². The van der Waals surface area contributed by atoms with Gasteiger partial charge in [0.15, 0.2) is 0 Å². The van der Waals surface area contributed by atoms with Crippen molar-refractivity contribution in [2.75, 3.05) is 33.4 Å². The van der Waals surface area contributed by atoms with Gasteiger partial charge in [-0.1, -0.05) is 30.3 Å². The van der Waals surface area contributed by atoms with Gasteiger partial charge in [0.05, 0.1) is 31.6 Å². The molecule has 0 aliphatic carbocycles. The van der Waals surface area contributed by atoms with Crippen LogP contribution in [0.5, 0.6) is 0 Å². The van der Waals surface area contributed by atoms with Gasteiger partial charge in [-0.2, -0.15) is 5.10 Å². The molecule has 0 spiro atoms. The number of H-pyrrole nitrogens is 1. The molecule has 3 rings (SSSR count). The zero-order valence-corrected chi connectivity index (χ0v) is 13.0. The van der Waals surface area contributed by atoms with Gasteiger partial charge in [0, 0.05) is 24.3 Å². The minimum Gasteiger partial charge on any atom is -0.376 e. The zero-order valence-electron chi connectivity index (χ0n) is 13.0. The molecule has 0 radical (unpaired) electrons. The summed E-state index contributed by atoms with van der Waals surface area (Å²) < 4.78 is 11.1. The summed E-state index contributed by atoms with van der Waals surface area (Å²) in [5.41, 5.74) is 3.26. The summed E-state index contributed by atoms with van der Waals surface area (Å²) in [5, 5.41) is 7.52. The number of nitrogens with zero attached hydrogens (tertiary/aromatic N) is 2. The van der Waals surface area contributed by atoms with E-state index in [0.717, 1.165) is 56.3 Å². The number of hydrogen-bond donors (Lipinski definition) is 1. The standard InChI is InChI=1S/C17H23N3O2/c1-20(8-7-16-13-21-9-10-22-16)12-15-11-17(19-18-15)14-5-3-2-4-6-14/h2-6,11,16H,7-10,12-13H2,1H3,(H,18,19). The third-order valence-electron chi connectivity index (χ3n) is 3.86. The van der Waals surface area contributed by atoms with Gasteiger partial charge >= 0.3 is 0 Å². The Bertz CT molecular complexity index is 564. The second-order valence-electron chi connectivity index (χ2n) is 5.74. The fraction of sp³-hybridized carbons (Fsp3) is 0.471. The number of hydrogen-bond acceptors (Lipinski definition) is 4. The Kier molecular flexibility index (Phi) is 5.21. The van der Waals surface area contributed by atoms with Gasteiger partial charge in [0.1, 0.15) is 0 Å². The van der Waals surface area contributed by atoms with Gasteiger partial charge in [0.25, 0.3) is 0 Å². The molecule has 1 aliphatic heterocycles. The molecule has 118 valence electrons. The summed E-state index contributed by atoms with van der Waals surface area (Å²) in [4.78, 5) is 2.28. The maximum Gasteiger partial charge on any atom is 0.0924 e. The van der Waals surface area contributed by atoms with Gasteiger partial charge in [-0.3, -0.25) is 5.10 Å². The highest BCUT2D eigenvalue weighted by Crippen LogP contribution is 2.17. The summed E-state index contributed by atoms with van der Waals surface area (Å²) in [7, 11) is 2.12. The maximum absolute atomic E-state index is 5.67. The van der Waals surface area contributed by atoms with E-state index < -0.39 is 0 Å². The van der Waals surface area contributed by atoms with Crippen LogP contribution < -0.4 is 0 Å². The fourth-order valence-corrected chi connectivity index (χ4v) is 2.64. The molecule has 5 nitrogen and oxygen atoms in total. The van der Waals surface area contributed by atoms with Crippen LogP contribution >= 0.6 is 0 Å². The van der Waals surface area contributed by atoms with E-state index in [1.165, 1.54) is 0 Å². The van der Waals surface area contributed by atoms with Gasteiger partial charge in [0.2, 0.25) is 0 Å². The van der Waals surface area contributed by atoms with E-state index >= 15 is 0 Å². The minimum atomic E-state index is 0.234. The van der Waals surface area contributed by atoms with Gasteiger partial charge in [-0.15, -0.1) is 0 Å². The molecule has 2 heterocycles. The first kappa shape index (κ1) is 15.2. The highest BCUT2D eigenvalue weighted by Gasteiger charge is 2.15. The normalized spacial score (nSPS) is 18.7. The van der Waals surface area contributed by atoms with Crippen LogP contribution in [0.1, 0.15) is 12.1 Å². The molecule has 1 aromatic carbocycles. The quantitative estimate of drug-likeness (QED) is 0.889. The fourth-order valence-electron chi connectivity index (χ4n) is 2.64. The van der Waals surface area contributed by atoms with E-state index in [1.807, 2.05) is 18.2 Å². The van der Waals surface area contributed by atoms with Crippen molar-refractivity contribution in [3.8, 4) is 11.3 Å². The molecular weight excluding hydrogens is 278 g/mol. The van der Waals surface area contributed by atoms with Crippen LogP contribution in [0.4, 0.5) is 0 Å². The Morgan fingerprint density at radius 2 is 2.14 bits per heavy atom. The summed E-state index contributed by atoms with van der Waals surface area (Å²) in [6, 6.07) is 12.3. The lowest BCUT2D eigenvalue weighted by Crippen LogP contribution is -2.32. The molecule has 5 heteroatoms. The molecular formula is C17H23N3O2. The molecule has 1 fully saturated rings. The first-order valence-electron chi connectivity index (χ1n) is 7.79. The van der Waals surface area contributed by atoms with E-state index in [0.29, 0.717) is 0 Å². The molecule has 1 unspecified atom stereocenters. The summed E-state index contributed by atoms with van der Waals surface area (Å²) in [5.74, 6) is 0. The van der Waals surface area contributed by atoms with Crippen LogP contribution in [-0.2, 0) is 16.0 Å². The second kappa shape index (κ2) is 7.54. The van der Waals surface area contributed by atoms with E-state index in [2.05, 4.69) is 40.3 Å². The lowest BCUT2D eigenvalue weighted by Gasteiger charge is -2.25. The molecule has 0 amide bonds. The van der Waals surface area contributed by atoms with E-state index in [4.69, 9.17) is 9.47 Å². The van der Waals surface area contributed by atoms with Crippen molar-refractivity contribution in [2.45, 2.75) is 19.1 Å². The lowest BCUT2D eigenvalue weighted by molar-refractivity contribution is -0.0924. The van der Waals surface area contributed by atoms with E-state index in [1.54, 1.807) is 0 Å². The van der Waals surface area contributed by atoms with Crippen molar-refractivity contribution >= 4 is 0 Å². The van der Waals surface area contributed by atoms with Gasteiger partial charge in [-0.05, 0) is 19.5 Å². The molecule has 1 N–H and O–H groups in total. The lowest BCUT2D eigenvalue weighted by atomic mass is 10.1. The number of ether oxygens (including phenoxy) is 2. The van der Waals surface area contributed by atoms with Gasteiger partial charge in [-0.25, -0.2) is 0 Å². The maximum atomic E-state index is 5.67. The number of benzene rings is 1. The minimum absolute atomic E-state index is 0.234. The SMILES string of the molecule is CN(CCC1COCCO1)Cc1cc(-c2ccccc2)n[nH]1. The Balaban J connectivity index is 1.49. The summed E-state index contributed by atoms with van der Waals surface area (Å²) in [6.45, 7) is 4.00. The number of rotatable bonds is 6. The first-order valence-corrected chi connectivity index (χ1v) is 7.79. The summed E-state index contributed by atoms with van der Waals surface area (Å²) >= 11 is 0.